The molecule has 2 rings (SSSR count). The minimum atomic E-state index is -2.11. The van der Waals surface area contributed by atoms with Gasteiger partial charge in [0, 0.05) is 6.07 Å². The van der Waals surface area contributed by atoms with Crippen molar-refractivity contribution in [1.29, 1.82) is 0 Å². The third-order valence-corrected chi connectivity index (χ3v) is 1.99. The summed E-state index contributed by atoms with van der Waals surface area (Å²) in [7, 11) is -3.89. The van der Waals surface area contributed by atoms with Gasteiger partial charge in [-0.15, -0.1) is 0 Å². The Morgan fingerprint density at radius 3 is 2.47 bits per heavy atom. The molecule has 1 heterocycles. The maximum absolute atomic E-state index is 9.14. The number of hydrogen-bond donors (Lipinski definition) is 3. The molecule has 3 N–H and O–H groups in total. The first-order valence-electron chi connectivity index (χ1n) is 4.91. The van der Waals surface area contributed by atoms with E-state index in [0.717, 1.165) is 0 Å². The molecule has 0 saturated heterocycles. The molecule has 1 aliphatic heterocycles. The van der Waals surface area contributed by atoms with Crippen molar-refractivity contribution in [1.82, 2.24) is 0 Å². The molecule has 0 spiro atoms. The van der Waals surface area contributed by atoms with Crippen molar-refractivity contribution in [3.05, 3.63) is 18.2 Å². The second-order valence-corrected chi connectivity index (χ2v) is 3.19. The van der Waals surface area contributed by atoms with Crippen LogP contribution >= 0.6 is 0 Å². The van der Waals surface area contributed by atoms with Gasteiger partial charge in [-0.05, 0) is 12.1 Å². The lowest BCUT2D eigenvalue weighted by molar-refractivity contribution is 0.170. The Balaban J connectivity index is 2.01. The molecule has 0 amide bonds. The maximum Gasteiger partial charge on any atom is 0.698 e. The predicted octanol–water partition coefficient (Wildman–Crippen LogP) is -1.20. The van der Waals surface area contributed by atoms with Crippen LogP contribution < -0.4 is 14.1 Å². The highest BCUT2D eigenvalue weighted by atomic mass is 16.7. The Hall–Kier alpha value is -1.41. The van der Waals surface area contributed by atoms with E-state index < -0.39 is 14.6 Å². The Kier molecular flexibility index (Phi) is 3.75. The van der Waals surface area contributed by atoms with Crippen molar-refractivity contribution in [2.24, 2.45) is 0 Å². The molecule has 0 bridgehead atoms. The van der Waals surface area contributed by atoms with Gasteiger partial charge in [-0.3, -0.25) is 0 Å². The zero-order valence-corrected chi connectivity index (χ0v) is 8.78. The van der Waals surface area contributed by atoms with E-state index in [1.807, 2.05) is 0 Å². The van der Waals surface area contributed by atoms with Crippen molar-refractivity contribution in [3.63, 3.8) is 0 Å². The van der Waals surface area contributed by atoms with Crippen molar-refractivity contribution >= 4 is 14.6 Å². The summed E-state index contributed by atoms with van der Waals surface area (Å²) in [4.78, 5) is 0. The van der Waals surface area contributed by atoms with Gasteiger partial charge >= 0.3 is 14.6 Å². The lowest BCUT2D eigenvalue weighted by atomic mass is 10.1. The van der Waals surface area contributed by atoms with E-state index in [9.17, 15) is 0 Å². The summed E-state index contributed by atoms with van der Waals surface area (Å²) < 4.78 is 19.6. The van der Waals surface area contributed by atoms with Crippen LogP contribution in [0.3, 0.4) is 0 Å². The number of hydrogen-bond acceptors (Lipinski definition) is 7. The molecule has 0 fully saturated rings. The van der Waals surface area contributed by atoms with Gasteiger partial charge in [-0.2, -0.15) is 0 Å². The number of benzene rings is 1. The topological polar surface area (TPSA) is 97.6 Å². The van der Waals surface area contributed by atoms with E-state index in [4.69, 9.17) is 29.2 Å². The summed E-state index contributed by atoms with van der Waals surface area (Å²) in [5, 5.41) is 26.0. The predicted molar refractivity (Wildman–Crippen MR) is 57.3 cm³/mol. The van der Waals surface area contributed by atoms with Crippen LogP contribution in [0.25, 0.3) is 0 Å². The van der Waals surface area contributed by atoms with Gasteiger partial charge in [-0.1, -0.05) is 0 Å². The molecule has 1 aromatic carbocycles. The maximum atomic E-state index is 9.14. The highest BCUT2D eigenvalue weighted by Gasteiger charge is 2.26. The lowest BCUT2D eigenvalue weighted by Crippen LogP contribution is -2.34. The van der Waals surface area contributed by atoms with E-state index in [-0.39, 0.29) is 5.75 Å². The zero-order valence-electron chi connectivity index (χ0n) is 8.78. The molecule has 17 heavy (non-hydrogen) atoms. The van der Waals surface area contributed by atoms with Crippen LogP contribution in [-0.4, -0.2) is 42.9 Å². The van der Waals surface area contributed by atoms with E-state index in [0.29, 0.717) is 24.7 Å². The van der Waals surface area contributed by atoms with Crippen molar-refractivity contribution in [2.75, 3.05) is 13.2 Å². The largest absolute Gasteiger partial charge is 0.698 e. The van der Waals surface area contributed by atoms with Crippen LogP contribution in [0, 0.1) is 0 Å². The molecule has 9 heteroatoms. The van der Waals surface area contributed by atoms with E-state index in [1.165, 1.54) is 12.1 Å². The highest BCUT2D eigenvalue weighted by molar-refractivity contribution is 6.49. The van der Waals surface area contributed by atoms with Crippen LogP contribution in [0.4, 0.5) is 0 Å². The van der Waals surface area contributed by atoms with Gasteiger partial charge in [0.2, 0.25) is 0 Å². The zero-order chi connectivity index (χ0) is 12.3. The van der Waals surface area contributed by atoms with Gasteiger partial charge in [0.25, 0.3) is 0 Å². The first-order valence-corrected chi connectivity index (χ1v) is 4.91. The van der Waals surface area contributed by atoms with Gasteiger partial charge in [-0.25, -0.2) is 0 Å². The first kappa shape index (κ1) is 12.1. The minimum absolute atomic E-state index is 0.252. The second kappa shape index (κ2) is 5.28. The molecule has 7 nitrogen and oxygen atoms in total. The first-order chi connectivity index (χ1) is 8.15. The summed E-state index contributed by atoms with van der Waals surface area (Å²) in [5.74, 6) is 1.33. The molecule has 0 atom stereocenters. The van der Waals surface area contributed by atoms with Gasteiger partial charge in [0.1, 0.15) is 19.0 Å². The average molecular weight is 240 g/mol. The summed E-state index contributed by atoms with van der Waals surface area (Å²) >= 11 is 0. The molecule has 0 radical (unpaired) electrons. The number of ether oxygens (including phenoxy) is 2. The van der Waals surface area contributed by atoms with Crippen LogP contribution in [0.15, 0.2) is 18.2 Å². The lowest BCUT2D eigenvalue weighted by Gasteiger charge is -2.19. The van der Waals surface area contributed by atoms with Crippen molar-refractivity contribution in [2.45, 2.75) is 0 Å². The molecule has 1 aromatic rings. The fourth-order valence-electron chi connectivity index (χ4n) is 1.35. The third kappa shape index (κ3) is 3.27. The van der Waals surface area contributed by atoms with Crippen LogP contribution in [-0.2, 0) is 4.57 Å². The molecule has 0 aliphatic carbocycles. The quantitative estimate of drug-likeness (QED) is 0.568. The van der Waals surface area contributed by atoms with Gasteiger partial charge < -0.3 is 33.8 Å². The average Bonchev–Trinajstić information content (AvgIpc) is 2.27. The SMILES string of the molecule is OB(O)OB(O)Oc1ccc2c(c1)OCCO2. The Morgan fingerprint density at radius 2 is 1.76 bits per heavy atom. The number of fused-ring (bicyclic) bond motifs is 1. The highest BCUT2D eigenvalue weighted by Crippen LogP contribution is 2.33. The van der Waals surface area contributed by atoms with Gasteiger partial charge in [0.05, 0.1) is 0 Å². The summed E-state index contributed by atoms with van der Waals surface area (Å²) in [6.07, 6.45) is 0. The van der Waals surface area contributed by atoms with E-state index >= 15 is 0 Å². The molecule has 0 unspecified atom stereocenters. The van der Waals surface area contributed by atoms with Crippen LogP contribution in [0.1, 0.15) is 0 Å². The number of rotatable bonds is 4. The minimum Gasteiger partial charge on any atom is -0.513 e. The molecular formula is C8H10B2O7. The molecule has 90 valence electrons. The van der Waals surface area contributed by atoms with Crippen LogP contribution in [0.2, 0.25) is 0 Å². The second-order valence-electron chi connectivity index (χ2n) is 3.19. The molecule has 1 aliphatic rings. The smallest absolute Gasteiger partial charge is 0.513 e. The monoisotopic (exact) mass is 240 g/mol. The Morgan fingerprint density at radius 1 is 1.06 bits per heavy atom. The summed E-state index contributed by atoms with van der Waals surface area (Å²) in [5.41, 5.74) is 0. The fourth-order valence-corrected chi connectivity index (χ4v) is 1.35. The normalized spacial score (nSPS) is 13.1. The standard InChI is InChI=1S/C8H10B2O7/c11-9(12)17-10(13)16-6-1-2-7-8(5-6)15-4-3-14-7/h1-2,5,11-13H,3-4H2. The van der Waals surface area contributed by atoms with Crippen molar-refractivity contribution in [3.8, 4) is 17.2 Å². The van der Waals surface area contributed by atoms with E-state index in [2.05, 4.69) is 4.57 Å². The van der Waals surface area contributed by atoms with Crippen LogP contribution in [0.5, 0.6) is 17.2 Å². The molecule has 0 saturated carbocycles. The Labute approximate surface area is 97.8 Å². The third-order valence-electron chi connectivity index (χ3n) is 1.99. The molecule has 0 aromatic heterocycles. The van der Waals surface area contributed by atoms with Gasteiger partial charge in [0.15, 0.2) is 11.5 Å². The fraction of sp³-hybridized carbons (Fsp3) is 0.250. The summed E-state index contributed by atoms with van der Waals surface area (Å²) in [6, 6.07) is 4.65. The Bertz CT molecular complexity index is 386. The van der Waals surface area contributed by atoms with E-state index in [1.54, 1.807) is 6.07 Å². The molecular weight excluding hydrogens is 230 g/mol. The van der Waals surface area contributed by atoms with Crippen molar-refractivity contribution < 1.29 is 33.8 Å². The summed E-state index contributed by atoms with van der Waals surface area (Å²) in [6.45, 7) is 0.917.